The number of hydrogen-bond acceptors (Lipinski definition) is 3. The van der Waals surface area contributed by atoms with E-state index < -0.39 is 0 Å². The Balaban J connectivity index is 2.35. The topological polar surface area (TPSA) is 70.6 Å². The molecule has 106 valence electrons. The number of hydrogen-bond donors (Lipinski definition) is 3. The molecule has 0 spiro atoms. The predicted octanol–water partition coefficient (Wildman–Crippen LogP) is 1.26. The van der Waals surface area contributed by atoms with Crippen LogP contribution in [-0.2, 0) is 4.74 Å². The number of carbonyl (C=O) groups excluding carboxylic acids is 1. The third-order valence-corrected chi connectivity index (χ3v) is 3.88. The molecule has 3 N–H and O–H groups in total. The summed E-state index contributed by atoms with van der Waals surface area (Å²) in [6, 6.07) is 0.00837. The van der Waals surface area contributed by atoms with E-state index in [0.29, 0.717) is 6.61 Å². The SMILES string of the molecule is COCCC(C)NC(=O)NC1CCCC1(C)CO. The molecular weight excluding hydrogens is 232 g/mol. The van der Waals surface area contributed by atoms with E-state index >= 15 is 0 Å². The second kappa shape index (κ2) is 6.95. The number of aliphatic hydroxyl groups excluding tert-OH is 1. The van der Waals surface area contributed by atoms with Gasteiger partial charge >= 0.3 is 6.03 Å². The van der Waals surface area contributed by atoms with Gasteiger partial charge in [-0.15, -0.1) is 0 Å². The van der Waals surface area contributed by atoms with Gasteiger partial charge in [-0.3, -0.25) is 0 Å². The number of nitrogens with one attached hydrogen (secondary N) is 2. The van der Waals surface area contributed by atoms with E-state index in [1.54, 1.807) is 7.11 Å². The summed E-state index contributed by atoms with van der Waals surface area (Å²) in [5.41, 5.74) is -0.174. The molecule has 5 heteroatoms. The molecule has 3 atom stereocenters. The van der Waals surface area contributed by atoms with Crippen LogP contribution in [0.5, 0.6) is 0 Å². The number of aliphatic hydroxyl groups is 1. The summed E-state index contributed by atoms with van der Waals surface area (Å²) >= 11 is 0. The summed E-state index contributed by atoms with van der Waals surface area (Å²) in [7, 11) is 1.65. The Morgan fingerprint density at radius 3 is 2.94 bits per heavy atom. The van der Waals surface area contributed by atoms with Crippen LogP contribution < -0.4 is 10.6 Å². The molecule has 18 heavy (non-hydrogen) atoms. The van der Waals surface area contributed by atoms with Gasteiger partial charge in [0.05, 0.1) is 6.61 Å². The molecule has 0 bridgehead atoms. The molecule has 0 aromatic heterocycles. The summed E-state index contributed by atoms with van der Waals surface area (Å²) in [5, 5.41) is 15.3. The predicted molar refractivity (Wildman–Crippen MR) is 70.5 cm³/mol. The molecule has 1 saturated carbocycles. The zero-order valence-electron chi connectivity index (χ0n) is 11.7. The Morgan fingerprint density at radius 1 is 1.61 bits per heavy atom. The van der Waals surface area contributed by atoms with E-state index in [-0.39, 0.29) is 30.1 Å². The molecule has 0 aromatic carbocycles. The first-order valence-corrected chi connectivity index (χ1v) is 6.68. The van der Waals surface area contributed by atoms with E-state index in [9.17, 15) is 9.90 Å². The number of carbonyl (C=O) groups is 1. The number of amides is 2. The van der Waals surface area contributed by atoms with Crippen molar-refractivity contribution in [1.82, 2.24) is 10.6 Å². The minimum atomic E-state index is -0.174. The van der Waals surface area contributed by atoms with Crippen molar-refractivity contribution >= 4 is 6.03 Å². The highest BCUT2D eigenvalue weighted by molar-refractivity contribution is 5.74. The third kappa shape index (κ3) is 4.14. The molecule has 0 saturated heterocycles. The molecule has 1 aliphatic carbocycles. The Kier molecular flexibility index (Phi) is 5.88. The van der Waals surface area contributed by atoms with Crippen molar-refractivity contribution < 1.29 is 14.6 Å². The quantitative estimate of drug-likeness (QED) is 0.672. The number of rotatable bonds is 6. The van der Waals surface area contributed by atoms with Gasteiger partial charge in [0.25, 0.3) is 0 Å². The maximum Gasteiger partial charge on any atom is 0.315 e. The Bertz CT molecular complexity index is 273. The Morgan fingerprint density at radius 2 is 2.33 bits per heavy atom. The molecule has 0 aromatic rings. The minimum absolute atomic E-state index is 0.0668. The van der Waals surface area contributed by atoms with Crippen LogP contribution in [0.1, 0.15) is 39.5 Å². The third-order valence-electron chi connectivity index (χ3n) is 3.88. The average molecular weight is 258 g/mol. The fourth-order valence-electron chi connectivity index (χ4n) is 2.46. The minimum Gasteiger partial charge on any atom is -0.396 e. The largest absolute Gasteiger partial charge is 0.396 e. The van der Waals surface area contributed by atoms with Crippen molar-refractivity contribution in [2.45, 2.75) is 51.6 Å². The second-order valence-electron chi connectivity index (χ2n) is 5.56. The van der Waals surface area contributed by atoms with Crippen LogP contribution >= 0.6 is 0 Å². The highest BCUT2D eigenvalue weighted by Crippen LogP contribution is 2.37. The van der Waals surface area contributed by atoms with Gasteiger partial charge in [0.2, 0.25) is 0 Å². The van der Waals surface area contributed by atoms with Crippen LogP contribution in [0.2, 0.25) is 0 Å². The van der Waals surface area contributed by atoms with Crippen LogP contribution in [0.3, 0.4) is 0 Å². The zero-order chi connectivity index (χ0) is 13.6. The van der Waals surface area contributed by atoms with Crippen LogP contribution in [-0.4, -0.2) is 43.5 Å². The van der Waals surface area contributed by atoms with E-state index in [0.717, 1.165) is 25.7 Å². The van der Waals surface area contributed by atoms with Crippen molar-refractivity contribution in [1.29, 1.82) is 0 Å². The van der Waals surface area contributed by atoms with Gasteiger partial charge in [-0.1, -0.05) is 13.3 Å². The lowest BCUT2D eigenvalue weighted by Crippen LogP contribution is -2.50. The number of methoxy groups -OCH3 is 1. The molecule has 1 aliphatic rings. The highest BCUT2D eigenvalue weighted by Gasteiger charge is 2.39. The van der Waals surface area contributed by atoms with E-state index in [2.05, 4.69) is 10.6 Å². The molecule has 3 unspecified atom stereocenters. The van der Waals surface area contributed by atoms with Crippen molar-refractivity contribution in [3.05, 3.63) is 0 Å². The lowest BCUT2D eigenvalue weighted by Gasteiger charge is -2.30. The number of urea groups is 1. The summed E-state index contributed by atoms with van der Waals surface area (Å²) < 4.78 is 4.97. The fourth-order valence-corrected chi connectivity index (χ4v) is 2.46. The van der Waals surface area contributed by atoms with Crippen LogP contribution in [0.25, 0.3) is 0 Å². The maximum absolute atomic E-state index is 11.8. The second-order valence-corrected chi connectivity index (χ2v) is 5.56. The molecule has 1 rings (SSSR count). The maximum atomic E-state index is 11.8. The van der Waals surface area contributed by atoms with Crippen molar-refractivity contribution in [3.8, 4) is 0 Å². The average Bonchev–Trinajstić information content (AvgIpc) is 2.69. The Labute approximate surface area is 109 Å². The van der Waals surface area contributed by atoms with E-state index in [1.165, 1.54) is 0 Å². The van der Waals surface area contributed by atoms with Gasteiger partial charge in [0.15, 0.2) is 0 Å². The Hall–Kier alpha value is -0.810. The molecular formula is C13H26N2O3. The monoisotopic (exact) mass is 258 g/mol. The van der Waals surface area contributed by atoms with Crippen molar-refractivity contribution in [2.24, 2.45) is 5.41 Å². The summed E-state index contributed by atoms with van der Waals surface area (Å²) in [4.78, 5) is 11.8. The van der Waals surface area contributed by atoms with Gasteiger partial charge in [-0.05, 0) is 26.2 Å². The van der Waals surface area contributed by atoms with Crippen LogP contribution in [0.4, 0.5) is 4.79 Å². The summed E-state index contributed by atoms with van der Waals surface area (Å²) in [6.07, 6.45) is 3.76. The first-order valence-electron chi connectivity index (χ1n) is 6.68. The normalized spacial score (nSPS) is 29.0. The molecule has 5 nitrogen and oxygen atoms in total. The molecule has 2 amide bonds. The lowest BCUT2D eigenvalue weighted by molar-refractivity contribution is 0.120. The fraction of sp³-hybridized carbons (Fsp3) is 0.923. The lowest BCUT2D eigenvalue weighted by atomic mass is 9.86. The van der Waals surface area contributed by atoms with Gasteiger partial charge in [-0.25, -0.2) is 4.79 Å². The smallest absolute Gasteiger partial charge is 0.315 e. The molecule has 0 radical (unpaired) electrons. The van der Waals surface area contributed by atoms with Crippen LogP contribution in [0.15, 0.2) is 0 Å². The zero-order valence-corrected chi connectivity index (χ0v) is 11.7. The van der Waals surface area contributed by atoms with Crippen LogP contribution in [0, 0.1) is 5.41 Å². The molecule has 1 fully saturated rings. The first-order chi connectivity index (χ1) is 8.51. The molecule has 0 aliphatic heterocycles. The van der Waals surface area contributed by atoms with E-state index in [4.69, 9.17) is 4.74 Å². The van der Waals surface area contributed by atoms with Gasteiger partial charge < -0.3 is 20.5 Å². The van der Waals surface area contributed by atoms with Crippen molar-refractivity contribution in [2.75, 3.05) is 20.3 Å². The molecule has 0 heterocycles. The summed E-state index contributed by atoms with van der Waals surface area (Å²) in [5.74, 6) is 0. The highest BCUT2D eigenvalue weighted by atomic mass is 16.5. The first kappa shape index (κ1) is 15.2. The van der Waals surface area contributed by atoms with Gasteiger partial charge in [0, 0.05) is 31.2 Å². The number of ether oxygens (including phenoxy) is 1. The van der Waals surface area contributed by atoms with Gasteiger partial charge in [-0.2, -0.15) is 0 Å². The standard InChI is InChI=1S/C13H26N2O3/c1-10(6-8-18-3)14-12(17)15-11-5-4-7-13(11,2)9-16/h10-11,16H,4-9H2,1-3H3,(H2,14,15,17). The summed E-state index contributed by atoms with van der Waals surface area (Å²) in [6.45, 7) is 4.74. The van der Waals surface area contributed by atoms with Crippen molar-refractivity contribution in [3.63, 3.8) is 0 Å². The van der Waals surface area contributed by atoms with Gasteiger partial charge in [0.1, 0.15) is 0 Å². The van der Waals surface area contributed by atoms with E-state index in [1.807, 2.05) is 13.8 Å².